The van der Waals surface area contributed by atoms with E-state index in [0.29, 0.717) is 38.9 Å². The van der Waals surface area contributed by atoms with Crippen molar-refractivity contribution in [3.63, 3.8) is 0 Å². The number of pyridine rings is 1. The highest BCUT2D eigenvalue weighted by molar-refractivity contribution is 7.15. The predicted octanol–water partition coefficient (Wildman–Crippen LogP) is 3.30. The normalized spacial score (nSPS) is 16.5. The average molecular weight is 421 g/mol. The molecule has 0 spiro atoms. The van der Waals surface area contributed by atoms with Gasteiger partial charge in [0.05, 0.1) is 12.5 Å². The Labute approximate surface area is 180 Å². The van der Waals surface area contributed by atoms with Crippen LogP contribution in [0.2, 0.25) is 0 Å². The molecular weight excluding hydrogens is 396 g/mol. The SMILES string of the molecule is O=C(NCc1cnc(-c2ccccc2)s1)C1CCC(=O)N(CCc2ccccn2)C1. The molecule has 1 N–H and O–H groups in total. The molecule has 2 aromatic heterocycles. The summed E-state index contributed by atoms with van der Waals surface area (Å²) < 4.78 is 0. The van der Waals surface area contributed by atoms with Gasteiger partial charge in [0.2, 0.25) is 11.8 Å². The van der Waals surface area contributed by atoms with Crippen LogP contribution in [-0.2, 0) is 22.6 Å². The zero-order valence-electron chi connectivity index (χ0n) is 16.7. The van der Waals surface area contributed by atoms with Crippen molar-refractivity contribution >= 4 is 23.2 Å². The molecular formula is C23H24N4O2S. The van der Waals surface area contributed by atoms with E-state index < -0.39 is 0 Å². The molecule has 0 bridgehead atoms. The standard InChI is InChI=1S/C23H24N4O2S/c28-21-10-9-18(16-27(21)13-11-19-8-4-5-12-24-19)22(29)25-14-20-15-26-23(30-20)17-6-2-1-3-7-17/h1-8,12,15,18H,9-11,13-14,16H2,(H,25,29). The molecule has 4 rings (SSSR count). The first-order valence-electron chi connectivity index (χ1n) is 10.1. The molecule has 2 amide bonds. The molecule has 3 aromatic rings. The fourth-order valence-electron chi connectivity index (χ4n) is 3.56. The van der Waals surface area contributed by atoms with E-state index in [4.69, 9.17) is 0 Å². The summed E-state index contributed by atoms with van der Waals surface area (Å²) in [5, 5.41) is 3.97. The summed E-state index contributed by atoms with van der Waals surface area (Å²) in [6.07, 6.45) is 5.29. The Kier molecular flexibility index (Phi) is 6.49. The third kappa shape index (κ3) is 5.10. The first-order chi connectivity index (χ1) is 14.7. The Morgan fingerprint density at radius 2 is 1.97 bits per heavy atom. The van der Waals surface area contributed by atoms with E-state index in [-0.39, 0.29) is 17.7 Å². The molecule has 1 aromatic carbocycles. The summed E-state index contributed by atoms with van der Waals surface area (Å²) in [6, 6.07) is 15.8. The molecule has 1 aliphatic heterocycles. The Morgan fingerprint density at radius 1 is 1.13 bits per heavy atom. The number of nitrogens with zero attached hydrogens (tertiary/aromatic N) is 3. The Morgan fingerprint density at radius 3 is 2.77 bits per heavy atom. The molecule has 7 heteroatoms. The van der Waals surface area contributed by atoms with Crippen LogP contribution in [0.15, 0.2) is 60.9 Å². The molecule has 0 radical (unpaired) electrons. The molecule has 154 valence electrons. The molecule has 0 saturated carbocycles. The van der Waals surface area contributed by atoms with Gasteiger partial charge >= 0.3 is 0 Å². The van der Waals surface area contributed by atoms with Gasteiger partial charge in [0.1, 0.15) is 5.01 Å². The summed E-state index contributed by atoms with van der Waals surface area (Å²) in [4.78, 5) is 36.5. The van der Waals surface area contributed by atoms with E-state index in [2.05, 4.69) is 15.3 Å². The molecule has 6 nitrogen and oxygen atoms in total. The minimum Gasteiger partial charge on any atom is -0.351 e. The Bertz CT molecular complexity index is 991. The van der Waals surface area contributed by atoms with E-state index in [1.807, 2.05) is 54.7 Å². The summed E-state index contributed by atoms with van der Waals surface area (Å²) in [6.45, 7) is 1.52. The number of hydrogen-bond acceptors (Lipinski definition) is 5. The van der Waals surface area contributed by atoms with E-state index in [9.17, 15) is 9.59 Å². The maximum absolute atomic E-state index is 12.7. The number of aromatic nitrogens is 2. The average Bonchev–Trinajstić information content (AvgIpc) is 3.27. The number of amides is 2. The maximum atomic E-state index is 12.7. The van der Waals surface area contributed by atoms with Crippen molar-refractivity contribution < 1.29 is 9.59 Å². The zero-order chi connectivity index (χ0) is 20.8. The van der Waals surface area contributed by atoms with Crippen molar-refractivity contribution in [3.8, 4) is 10.6 Å². The molecule has 30 heavy (non-hydrogen) atoms. The second-order valence-electron chi connectivity index (χ2n) is 7.36. The van der Waals surface area contributed by atoms with Gasteiger partial charge in [-0.2, -0.15) is 0 Å². The van der Waals surface area contributed by atoms with E-state index in [0.717, 1.165) is 21.1 Å². The predicted molar refractivity (Wildman–Crippen MR) is 117 cm³/mol. The van der Waals surface area contributed by atoms with E-state index in [1.54, 1.807) is 22.4 Å². The number of rotatable bonds is 7. The van der Waals surface area contributed by atoms with Crippen LogP contribution in [0, 0.1) is 5.92 Å². The minimum absolute atomic E-state index is 0.00000257. The second kappa shape index (κ2) is 9.63. The van der Waals surface area contributed by atoms with Gasteiger partial charge in [-0.3, -0.25) is 14.6 Å². The summed E-state index contributed by atoms with van der Waals surface area (Å²) >= 11 is 1.58. The summed E-state index contributed by atoms with van der Waals surface area (Å²) in [5.41, 5.74) is 2.03. The van der Waals surface area contributed by atoms with Crippen LogP contribution in [0.25, 0.3) is 10.6 Å². The lowest BCUT2D eigenvalue weighted by Gasteiger charge is -2.31. The fraction of sp³-hybridized carbons (Fsp3) is 0.304. The van der Waals surface area contributed by atoms with Gasteiger partial charge in [-0.1, -0.05) is 36.4 Å². The summed E-state index contributed by atoms with van der Waals surface area (Å²) in [7, 11) is 0. The van der Waals surface area contributed by atoms with Crippen LogP contribution >= 0.6 is 11.3 Å². The number of hydrogen-bond donors (Lipinski definition) is 1. The van der Waals surface area contributed by atoms with E-state index >= 15 is 0 Å². The van der Waals surface area contributed by atoms with Gasteiger partial charge < -0.3 is 10.2 Å². The Hall–Kier alpha value is -3.06. The van der Waals surface area contributed by atoms with Crippen molar-refractivity contribution in [2.24, 2.45) is 5.92 Å². The first-order valence-corrected chi connectivity index (χ1v) is 11.0. The number of carbonyl (C=O) groups is 2. The monoisotopic (exact) mass is 420 g/mol. The molecule has 1 aliphatic rings. The van der Waals surface area contributed by atoms with Crippen molar-refractivity contribution in [1.29, 1.82) is 0 Å². The van der Waals surface area contributed by atoms with Crippen LogP contribution in [0.4, 0.5) is 0 Å². The number of benzene rings is 1. The smallest absolute Gasteiger partial charge is 0.225 e. The van der Waals surface area contributed by atoms with Gasteiger partial charge in [0, 0.05) is 54.5 Å². The molecule has 1 atom stereocenters. The van der Waals surface area contributed by atoms with Crippen LogP contribution in [0.1, 0.15) is 23.4 Å². The molecule has 1 unspecified atom stereocenters. The highest BCUT2D eigenvalue weighted by Gasteiger charge is 2.30. The largest absolute Gasteiger partial charge is 0.351 e. The van der Waals surface area contributed by atoms with Gasteiger partial charge in [-0.05, 0) is 18.6 Å². The van der Waals surface area contributed by atoms with Crippen molar-refractivity contribution in [3.05, 3.63) is 71.5 Å². The van der Waals surface area contributed by atoms with Crippen LogP contribution in [0.5, 0.6) is 0 Å². The number of thiazole rings is 1. The van der Waals surface area contributed by atoms with Crippen LogP contribution in [-0.4, -0.2) is 39.8 Å². The Balaban J connectivity index is 1.29. The highest BCUT2D eigenvalue weighted by Crippen LogP contribution is 2.25. The number of carbonyl (C=O) groups excluding carboxylic acids is 2. The fourth-order valence-corrected chi connectivity index (χ4v) is 4.42. The number of nitrogens with one attached hydrogen (secondary N) is 1. The third-order valence-corrected chi connectivity index (χ3v) is 6.29. The lowest BCUT2D eigenvalue weighted by atomic mass is 9.96. The highest BCUT2D eigenvalue weighted by atomic mass is 32.1. The lowest BCUT2D eigenvalue weighted by molar-refractivity contribution is -0.138. The zero-order valence-corrected chi connectivity index (χ0v) is 17.5. The van der Waals surface area contributed by atoms with Crippen LogP contribution < -0.4 is 5.32 Å². The quantitative estimate of drug-likeness (QED) is 0.636. The molecule has 3 heterocycles. The maximum Gasteiger partial charge on any atom is 0.225 e. The van der Waals surface area contributed by atoms with E-state index in [1.165, 1.54) is 0 Å². The topological polar surface area (TPSA) is 75.2 Å². The third-order valence-electron chi connectivity index (χ3n) is 5.25. The van der Waals surface area contributed by atoms with Gasteiger partial charge in [0.15, 0.2) is 0 Å². The molecule has 1 saturated heterocycles. The van der Waals surface area contributed by atoms with Gasteiger partial charge in [-0.15, -0.1) is 11.3 Å². The number of piperidine rings is 1. The van der Waals surface area contributed by atoms with Crippen LogP contribution in [0.3, 0.4) is 0 Å². The van der Waals surface area contributed by atoms with Crippen molar-refractivity contribution in [1.82, 2.24) is 20.2 Å². The second-order valence-corrected chi connectivity index (χ2v) is 8.48. The van der Waals surface area contributed by atoms with Gasteiger partial charge in [-0.25, -0.2) is 4.98 Å². The molecule has 0 aliphatic carbocycles. The first kappa shape index (κ1) is 20.2. The van der Waals surface area contributed by atoms with Crippen molar-refractivity contribution in [2.75, 3.05) is 13.1 Å². The minimum atomic E-state index is -0.173. The number of likely N-dealkylation sites (tertiary alicyclic amines) is 1. The summed E-state index contributed by atoms with van der Waals surface area (Å²) in [5.74, 6) is -0.0575. The van der Waals surface area contributed by atoms with Crippen molar-refractivity contribution in [2.45, 2.75) is 25.8 Å². The lowest BCUT2D eigenvalue weighted by Crippen LogP contribution is -2.46. The van der Waals surface area contributed by atoms with Gasteiger partial charge in [0.25, 0.3) is 0 Å². The molecule has 1 fully saturated rings.